The quantitative estimate of drug-likeness (QED) is 0.870. The third kappa shape index (κ3) is 3.72. The summed E-state index contributed by atoms with van der Waals surface area (Å²) >= 11 is 0. The number of carbonyl (C=O) groups excluding carboxylic acids is 2. The molecule has 0 saturated carbocycles. The number of rotatable bonds is 4. The van der Waals surface area contributed by atoms with Gasteiger partial charge in [0.1, 0.15) is 0 Å². The molecule has 0 aliphatic carbocycles. The molecule has 1 aliphatic rings. The Morgan fingerprint density at radius 3 is 2.60 bits per heavy atom. The summed E-state index contributed by atoms with van der Waals surface area (Å²) in [6, 6.07) is 14.4. The second-order valence-corrected chi connectivity index (χ2v) is 6.21. The molecule has 1 N–H and O–H groups in total. The van der Waals surface area contributed by atoms with Crippen molar-refractivity contribution in [1.29, 1.82) is 0 Å². The number of hydrogen-bond donors (Lipinski definition) is 1. The minimum absolute atomic E-state index is 0.0740. The Labute approximate surface area is 146 Å². The smallest absolute Gasteiger partial charge is 0.338 e. The molecule has 3 rings (SSSR count). The van der Waals surface area contributed by atoms with Crippen molar-refractivity contribution in [3.05, 3.63) is 65.2 Å². The van der Waals surface area contributed by atoms with Crippen LogP contribution in [0.5, 0.6) is 0 Å². The fraction of sp³-hybridized carbons (Fsp3) is 0.300. The first kappa shape index (κ1) is 17.2. The topological polar surface area (TPSA) is 66.8 Å². The van der Waals surface area contributed by atoms with Crippen molar-refractivity contribution in [2.24, 2.45) is 0 Å². The Kier molecular flexibility index (Phi) is 5.14. The van der Waals surface area contributed by atoms with E-state index < -0.39 is 5.97 Å². The number of aliphatic hydroxyl groups excluding tert-OH is 1. The molecule has 25 heavy (non-hydrogen) atoms. The van der Waals surface area contributed by atoms with Crippen LogP contribution < -0.4 is 4.90 Å². The molecular weight excluding hydrogens is 318 g/mol. The summed E-state index contributed by atoms with van der Waals surface area (Å²) in [6.07, 6.45) is 1.83. The first-order valence-corrected chi connectivity index (χ1v) is 8.37. The third-order valence-electron chi connectivity index (χ3n) is 4.49. The maximum atomic E-state index is 12.6. The first-order chi connectivity index (χ1) is 12.1. The lowest BCUT2D eigenvalue weighted by atomic mass is 9.96. The van der Waals surface area contributed by atoms with Gasteiger partial charge < -0.3 is 14.7 Å². The molecule has 0 spiro atoms. The number of para-hydroxylation sites is 1. The fourth-order valence-corrected chi connectivity index (χ4v) is 3.09. The van der Waals surface area contributed by atoms with Crippen molar-refractivity contribution in [3.63, 3.8) is 0 Å². The molecule has 130 valence electrons. The molecule has 0 saturated heterocycles. The maximum Gasteiger partial charge on any atom is 0.338 e. The highest BCUT2D eigenvalue weighted by Crippen LogP contribution is 2.30. The number of aliphatic hydroxyl groups is 1. The molecule has 0 bridgehead atoms. The van der Waals surface area contributed by atoms with Crippen LogP contribution in [-0.4, -0.2) is 29.6 Å². The fourth-order valence-electron chi connectivity index (χ4n) is 3.09. The molecule has 1 amide bonds. The van der Waals surface area contributed by atoms with E-state index in [0.717, 1.165) is 24.1 Å². The predicted molar refractivity (Wildman–Crippen MR) is 94.4 cm³/mol. The third-order valence-corrected chi connectivity index (χ3v) is 4.49. The molecule has 5 heteroatoms. The zero-order chi connectivity index (χ0) is 17.8. The van der Waals surface area contributed by atoms with Crippen LogP contribution in [0.3, 0.4) is 0 Å². The second-order valence-electron chi connectivity index (χ2n) is 6.21. The molecule has 0 radical (unpaired) electrons. The molecule has 1 heterocycles. The van der Waals surface area contributed by atoms with Gasteiger partial charge in [0.15, 0.2) is 6.61 Å². The molecule has 1 aliphatic heterocycles. The lowest BCUT2D eigenvalue weighted by Crippen LogP contribution is -2.44. The van der Waals surface area contributed by atoms with Crippen LogP contribution in [-0.2, 0) is 22.6 Å². The van der Waals surface area contributed by atoms with E-state index in [1.54, 1.807) is 29.2 Å². The van der Waals surface area contributed by atoms with E-state index >= 15 is 0 Å². The van der Waals surface area contributed by atoms with Crippen molar-refractivity contribution < 1.29 is 19.4 Å². The molecule has 0 aromatic heterocycles. The minimum atomic E-state index is -0.546. The van der Waals surface area contributed by atoms with Crippen LogP contribution >= 0.6 is 0 Å². The van der Waals surface area contributed by atoms with Crippen LogP contribution in [0.25, 0.3) is 0 Å². The second kappa shape index (κ2) is 7.49. The summed E-state index contributed by atoms with van der Waals surface area (Å²) in [5.74, 6) is -0.768. The van der Waals surface area contributed by atoms with Crippen LogP contribution in [0.2, 0.25) is 0 Å². The Balaban J connectivity index is 1.67. The number of hydrogen-bond acceptors (Lipinski definition) is 4. The highest BCUT2D eigenvalue weighted by molar-refractivity contribution is 5.98. The largest absolute Gasteiger partial charge is 0.452 e. The summed E-state index contributed by atoms with van der Waals surface area (Å²) < 4.78 is 5.19. The van der Waals surface area contributed by atoms with Gasteiger partial charge in [-0.3, -0.25) is 4.79 Å². The summed E-state index contributed by atoms with van der Waals surface area (Å²) in [4.78, 5) is 26.4. The van der Waals surface area contributed by atoms with Gasteiger partial charge in [-0.15, -0.1) is 0 Å². The van der Waals surface area contributed by atoms with E-state index in [4.69, 9.17) is 9.84 Å². The molecule has 1 atom stereocenters. The molecule has 0 fully saturated rings. The number of anilines is 1. The van der Waals surface area contributed by atoms with Crippen molar-refractivity contribution in [1.82, 2.24) is 0 Å². The van der Waals surface area contributed by atoms with E-state index in [2.05, 4.69) is 0 Å². The monoisotopic (exact) mass is 339 g/mol. The van der Waals surface area contributed by atoms with Crippen LogP contribution in [0.4, 0.5) is 5.69 Å². The standard InChI is InChI=1S/C20H21NO4/c1-14-6-9-16-4-2-3-5-18(16)21(14)19(23)13-25-20(24)17-10-7-15(12-22)8-11-17/h2-5,7-8,10-11,14,22H,6,9,12-13H2,1H3. The zero-order valence-electron chi connectivity index (χ0n) is 14.1. The number of aryl methyl sites for hydroxylation is 1. The Morgan fingerprint density at radius 2 is 1.88 bits per heavy atom. The summed E-state index contributed by atoms with van der Waals surface area (Å²) in [5, 5.41) is 9.03. The highest BCUT2D eigenvalue weighted by atomic mass is 16.5. The molecule has 2 aromatic carbocycles. The number of fused-ring (bicyclic) bond motifs is 1. The van der Waals surface area contributed by atoms with E-state index in [1.807, 2.05) is 31.2 Å². The number of esters is 1. The van der Waals surface area contributed by atoms with Gasteiger partial charge in [-0.2, -0.15) is 0 Å². The average Bonchev–Trinajstić information content (AvgIpc) is 2.65. The van der Waals surface area contributed by atoms with E-state index in [0.29, 0.717) is 11.1 Å². The van der Waals surface area contributed by atoms with E-state index in [9.17, 15) is 9.59 Å². The Morgan fingerprint density at radius 1 is 1.16 bits per heavy atom. The van der Waals surface area contributed by atoms with Gasteiger partial charge in [-0.25, -0.2) is 4.79 Å². The lowest BCUT2D eigenvalue weighted by Gasteiger charge is -2.35. The Hall–Kier alpha value is -2.66. The summed E-state index contributed by atoms with van der Waals surface area (Å²) in [6.45, 7) is 1.63. The summed E-state index contributed by atoms with van der Waals surface area (Å²) in [5.41, 5.74) is 3.11. The van der Waals surface area contributed by atoms with Gasteiger partial charge in [-0.05, 0) is 49.1 Å². The van der Waals surface area contributed by atoms with Crippen LogP contribution in [0, 0.1) is 0 Å². The predicted octanol–water partition coefficient (Wildman–Crippen LogP) is 2.70. The zero-order valence-corrected chi connectivity index (χ0v) is 14.1. The average molecular weight is 339 g/mol. The molecule has 1 unspecified atom stereocenters. The van der Waals surface area contributed by atoms with Gasteiger partial charge in [0.25, 0.3) is 5.91 Å². The molecule has 5 nitrogen and oxygen atoms in total. The maximum absolute atomic E-state index is 12.6. The Bertz CT molecular complexity index is 770. The number of nitrogens with zero attached hydrogens (tertiary/aromatic N) is 1. The van der Waals surface area contributed by atoms with Crippen molar-refractivity contribution in [3.8, 4) is 0 Å². The van der Waals surface area contributed by atoms with Gasteiger partial charge >= 0.3 is 5.97 Å². The van der Waals surface area contributed by atoms with Crippen LogP contribution in [0.1, 0.15) is 34.8 Å². The molecular formula is C20H21NO4. The van der Waals surface area contributed by atoms with Gasteiger partial charge in [0.05, 0.1) is 12.2 Å². The van der Waals surface area contributed by atoms with Crippen molar-refractivity contribution in [2.45, 2.75) is 32.4 Å². The number of amides is 1. The van der Waals surface area contributed by atoms with E-state index in [-0.39, 0.29) is 25.2 Å². The van der Waals surface area contributed by atoms with Gasteiger partial charge in [0.2, 0.25) is 0 Å². The SMILES string of the molecule is CC1CCc2ccccc2N1C(=O)COC(=O)c1ccc(CO)cc1. The first-order valence-electron chi connectivity index (χ1n) is 8.37. The number of benzene rings is 2. The minimum Gasteiger partial charge on any atom is -0.452 e. The van der Waals surface area contributed by atoms with Gasteiger partial charge in [-0.1, -0.05) is 30.3 Å². The molecule has 2 aromatic rings. The van der Waals surface area contributed by atoms with Crippen LogP contribution in [0.15, 0.2) is 48.5 Å². The van der Waals surface area contributed by atoms with Gasteiger partial charge in [0, 0.05) is 11.7 Å². The normalized spacial score (nSPS) is 16.2. The van der Waals surface area contributed by atoms with Crippen molar-refractivity contribution >= 4 is 17.6 Å². The number of carbonyl (C=O) groups is 2. The number of ether oxygens (including phenoxy) is 1. The van der Waals surface area contributed by atoms with E-state index in [1.165, 1.54) is 0 Å². The van der Waals surface area contributed by atoms with Crippen molar-refractivity contribution in [2.75, 3.05) is 11.5 Å². The summed E-state index contributed by atoms with van der Waals surface area (Å²) in [7, 11) is 0. The highest BCUT2D eigenvalue weighted by Gasteiger charge is 2.28. The lowest BCUT2D eigenvalue weighted by molar-refractivity contribution is -0.122.